The Bertz CT molecular complexity index is 324. The molecular weight excluding hydrogens is 240 g/mol. The Balaban J connectivity index is 2.52. The van der Waals surface area contributed by atoms with Crippen molar-refractivity contribution in [2.75, 3.05) is 5.75 Å². The molecule has 1 aliphatic rings. The third kappa shape index (κ3) is 3.43. The predicted octanol–water partition coefficient (Wildman–Crippen LogP) is 2.72. The minimum atomic E-state index is -0.867. The van der Waals surface area contributed by atoms with Crippen molar-refractivity contribution in [3.8, 4) is 0 Å². The number of thioether (sulfide) groups is 1. The summed E-state index contributed by atoms with van der Waals surface area (Å²) < 4.78 is 4.89. The first-order valence-corrected chi connectivity index (χ1v) is 6.73. The number of ether oxygens (including phenoxy) is 1. The van der Waals surface area contributed by atoms with Crippen molar-refractivity contribution in [1.82, 2.24) is 0 Å². The van der Waals surface area contributed by atoms with Crippen LogP contribution in [0.3, 0.4) is 0 Å². The fraction of sp³-hybridized carbons (Fsp3) is 0.583. The van der Waals surface area contributed by atoms with Gasteiger partial charge in [-0.15, -0.1) is 6.58 Å². The summed E-state index contributed by atoms with van der Waals surface area (Å²) in [4.78, 5) is 11.1. The van der Waals surface area contributed by atoms with Gasteiger partial charge in [-0.2, -0.15) is 11.8 Å². The van der Waals surface area contributed by atoms with Crippen molar-refractivity contribution in [2.24, 2.45) is 0 Å². The second-order valence-corrected chi connectivity index (χ2v) is 5.12. The van der Waals surface area contributed by atoms with Gasteiger partial charge in [-0.05, 0) is 12.2 Å². The molecule has 0 aromatic heterocycles. The predicted molar refractivity (Wildman–Crippen MR) is 68.1 cm³/mol. The average molecular weight is 258 g/mol. The van der Waals surface area contributed by atoms with Gasteiger partial charge in [0.2, 0.25) is 5.76 Å². The molecule has 0 aromatic rings. The van der Waals surface area contributed by atoms with Gasteiger partial charge < -0.3 is 14.9 Å². The smallest absolute Gasteiger partial charge is 0.377 e. The van der Waals surface area contributed by atoms with Gasteiger partial charge in [0, 0.05) is 0 Å². The molecule has 0 fully saturated rings. The van der Waals surface area contributed by atoms with E-state index in [4.69, 9.17) is 4.74 Å². The highest BCUT2D eigenvalue weighted by Gasteiger charge is 2.38. The number of aliphatic hydroxyl groups excluding tert-OH is 2. The molecule has 4 nitrogen and oxygen atoms in total. The van der Waals surface area contributed by atoms with Crippen LogP contribution in [0.1, 0.15) is 26.2 Å². The lowest BCUT2D eigenvalue weighted by molar-refractivity contribution is -0.142. The Morgan fingerprint density at radius 1 is 1.53 bits per heavy atom. The van der Waals surface area contributed by atoms with E-state index in [1.165, 1.54) is 0 Å². The van der Waals surface area contributed by atoms with Crippen LogP contribution in [0.15, 0.2) is 24.2 Å². The number of esters is 1. The maximum Gasteiger partial charge on any atom is 0.377 e. The Kier molecular flexibility index (Phi) is 5.41. The molecule has 0 aliphatic carbocycles. The minimum Gasteiger partial charge on any atom is -0.505 e. The lowest BCUT2D eigenvalue weighted by Crippen LogP contribution is -2.24. The second kappa shape index (κ2) is 6.59. The van der Waals surface area contributed by atoms with Crippen LogP contribution in [0.5, 0.6) is 0 Å². The molecule has 0 spiro atoms. The van der Waals surface area contributed by atoms with Crippen LogP contribution in [-0.2, 0) is 9.53 Å². The first kappa shape index (κ1) is 14.0. The monoisotopic (exact) mass is 258 g/mol. The van der Waals surface area contributed by atoms with Gasteiger partial charge in [0.25, 0.3) is 0 Å². The first-order valence-electron chi connectivity index (χ1n) is 5.69. The van der Waals surface area contributed by atoms with Crippen LogP contribution in [0.2, 0.25) is 0 Å². The van der Waals surface area contributed by atoms with Gasteiger partial charge in [-0.3, -0.25) is 0 Å². The summed E-state index contributed by atoms with van der Waals surface area (Å²) in [7, 11) is 0. The molecule has 0 saturated heterocycles. The molecule has 0 radical (unpaired) electrons. The zero-order chi connectivity index (χ0) is 12.8. The Hall–Kier alpha value is -1.10. The summed E-state index contributed by atoms with van der Waals surface area (Å²) >= 11 is 1.57. The number of carbonyl (C=O) groups excluding carboxylic acids is 1. The molecule has 1 rings (SSSR count). The molecule has 5 heteroatoms. The summed E-state index contributed by atoms with van der Waals surface area (Å²) in [6, 6.07) is 0. The first-order chi connectivity index (χ1) is 8.11. The highest BCUT2D eigenvalue weighted by atomic mass is 32.2. The number of carbonyl (C=O) groups is 1. The molecule has 2 N–H and O–H groups in total. The summed E-state index contributed by atoms with van der Waals surface area (Å²) in [6.07, 6.45) is 4.19. The SMILES string of the molecule is C=CC(SCCCCC)C1OC(=O)C(O)=C1O. The van der Waals surface area contributed by atoms with Gasteiger partial charge in [0.1, 0.15) is 0 Å². The Morgan fingerprint density at radius 2 is 2.24 bits per heavy atom. The van der Waals surface area contributed by atoms with Crippen LogP contribution in [0.4, 0.5) is 0 Å². The Labute approximate surface area is 105 Å². The molecule has 17 heavy (non-hydrogen) atoms. The van der Waals surface area contributed by atoms with E-state index >= 15 is 0 Å². The zero-order valence-corrected chi connectivity index (χ0v) is 10.7. The maximum atomic E-state index is 11.1. The lowest BCUT2D eigenvalue weighted by Gasteiger charge is -2.18. The van der Waals surface area contributed by atoms with E-state index in [1.54, 1.807) is 17.8 Å². The van der Waals surface area contributed by atoms with Crippen molar-refractivity contribution in [3.63, 3.8) is 0 Å². The Morgan fingerprint density at radius 3 is 2.71 bits per heavy atom. The van der Waals surface area contributed by atoms with Crippen molar-refractivity contribution in [3.05, 3.63) is 24.2 Å². The standard InChI is InChI=1S/C12H18O4S/c1-3-5-6-7-17-8(4-2)11-9(13)10(14)12(15)16-11/h4,8,11,13-14H,2-3,5-7H2,1H3. The summed E-state index contributed by atoms with van der Waals surface area (Å²) in [6.45, 7) is 5.79. The van der Waals surface area contributed by atoms with Gasteiger partial charge in [0.05, 0.1) is 5.25 Å². The quantitative estimate of drug-likeness (QED) is 0.417. The fourth-order valence-electron chi connectivity index (χ4n) is 1.54. The topological polar surface area (TPSA) is 66.8 Å². The molecule has 0 saturated carbocycles. The number of unbranched alkanes of at least 4 members (excludes halogenated alkanes) is 2. The fourth-order valence-corrected chi connectivity index (χ4v) is 2.68. The van der Waals surface area contributed by atoms with Crippen molar-refractivity contribution >= 4 is 17.7 Å². The van der Waals surface area contributed by atoms with Gasteiger partial charge in [-0.25, -0.2) is 4.79 Å². The molecule has 1 aliphatic heterocycles. The molecule has 96 valence electrons. The van der Waals surface area contributed by atoms with E-state index in [0.29, 0.717) is 0 Å². The van der Waals surface area contributed by atoms with Crippen molar-refractivity contribution < 1.29 is 19.7 Å². The molecule has 1 heterocycles. The minimum absolute atomic E-state index is 0.222. The summed E-state index contributed by atoms with van der Waals surface area (Å²) in [5.74, 6) is -1.03. The third-order valence-electron chi connectivity index (χ3n) is 2.53. The number of aliphatic hydroxyl groups is 2. The maximum absolute atomic E-state index is 11.1. The van der Waals surface area contributed by atoms with Crippen LogP contribution in [0, 0.1) is 0 Å². The van der Waals surface area contributed by atoms with E-state index < -0.39 is 17.8 Å². The molecule has 2 unspecified atom stereocenters. The van der Waals surface area contributed by atoms with Crippen molar-refractivity contribution in [2.45, 2.75) is 37.5 Å². The van der Waals surface area contributed by atoms with Crippen LogP contribution in [0.25, 0.3) is 0 Å². The van der Waals surface area contributed by atoms with Crippen molar-refractivity contribution in [1.29, 1.82) is 0 Å². The molecule has 2 atom stereocenters. The highest BCUT2D eigenvalue weighted by molar-refractivity contribution is 8.00. The number of cyclic esters (lactones) is 1. The largest absolute Gasteiger partial charge is 0.505 e. The molecule has 0 aromatic carbocycles. The van der Waals surface area contributed by atoms with Gasteiger partial charge in [-0.1, -0.05) is 25.8 Å². The normalized spacial score (nSPS) is 21.5. The van der Waals surface area contributed by atoms with Crippen LogP contribution in [-0.4, -0.2) is 33.3 Å². The van der Waals surface area contributed by atoms with E-state index in [9.17, 15) is 15.0 Å². The van der Waals surface area contributed by atoms with Crippen LogP contribution < -0.4 is 0 Å². The third-order valence-corrected chi connectivity index (χ3v) is 3.88. The molecular formula is C12H18O4S. The summed E-state index contributed by atoms with van der Waals surface area (Å²) in [5, 5.41) is 18.5. The van der Waals surface area contributed by atoms with Gasteiger partial charge in [0.15, 0.2) is 11.9 Å². The number of hydrogen-bond acceptors (Lipinski definition) is 5. The zero-order valence-electron chi connectivity index (χ0n) is 9.89. The number of rotatable bonds is 7. The van der Waals surface area contributed by atoms with E-state index in [1.807, 2.05) is 0 Å². The average Bonchev–Trinajstić information content (AvgIpc) is 2.58. The highest BCUT2D eigenvalue weighted by Crippen LogP contribution is 2.29. The molecule has 0 bridgehead atoms. The lowest BCUT2D eigenvalue weighted by atomic mass is 10.2. The van der Waals surface area contributed by atoms with E-state index in [0.717, 1.165) is 25.0 Å². The summed E-state index contributed by atoms with van der Waals surface area (Å²) in [5.41, 5.74) is 0. The second-order valence-electron chi connectivity index (χ2n) is 3.84. The number of hydrogen-bond donors (Lipinski definition) is 2. The van der Waals surface area contributed by atoms with Gasteiger partial charge >= 0.3 is 5.97 Å². The molecule has 0 amide bonds. The van der Waals surface area contributed by atoms with E-state index in [2.05, 4.69) is 13.5 Å². The van der Waals surface area contributed by atoms with Crippen LogP contribution >= 0.6 is 11.8 Å². The van der Waals surface area contributed by atoms with E-state index in [-0.39, 0.29) is 11.0 Å².